The van der Waals surface area contributed by atoms with Gasteiger partial charge in [0.1, 0.15) is 29.4 Å². The second-order valence-corrected chi connectivity index (χ2v) is 7.80. The molecule has 0 saturated heterocycles. The van der Waals surface area contributed by atoms with Crippen LogP contribution in [0.15, 0.2) is 54.6 Å². The second-order valence-electron chi connectivity index (χ2n) is 7.80. The molecule has 0 aromatic heterocycles. The zero-order valence-electron chi connectivity index (χ0n) is 17.9. The summed E-state index contributed by atoms with van der Waals surface area (Å²) in [7, 11) is 0. The molecule has 0 atom stereocenters. The maximum Gasteiger partial charge on any atom is 0.262 e. The van der Waals surface area contributed by atoms with Gasteiger partial charge in [-0.05, 0) is 24.1 Å². The van der Waals surface area contributed by atoms with Crippen molar-refractivity contribution < 1.29 is 24.5 Å². The predicted molar refractivity (Wildman–Crippen MR) is 120 cm³/mol. The number of carbonyl (C=O) groups is 2. The number of ether oxygens (including phenoxy) is 1. The van der Waals surface area contributed by atoms with Crippen LogP contribution >= 0.6 is 0 Å². The van der Waals surface area contributed by atoms with Crippen LogP contribution in [0.25, 0.3) is 0 Å². The smallest absolute Gasteiger partial charge is 0.262 e. The fraction of sp³-hybridized carbons (Fsp3) is 0.200. The Hall–Kier alpha value is -4.00. The molecule has 4 rings (SSSR count). The Labute approximate surface area is 185 Å². The van der Waals surface area contributed by atoms with Crippen molar-refractivity contribution in [2.24, 2.45) is 0 Å². The highest BCUT2D eigenvalue weighted by molar-refractivity contribution is 6.01. The van der Waals surface area contributed by atoms with E-state index < -0.39 is 5.91 Å². The third-order valence-electron chi connectivity index (χ3n) is 5.50. The van der Waals surface area contributed by atoms with Crippen LogP contribution in [0.1, 0.15) is 39.5 Å². The maximum absolute atomic E-state index is 13.5. The number of fused-ring (bicyclic) bond motifs is 1. The van der Waals surface area contributed by atoms with E-state index in [0.29, 0.717) is 17.8 Å². The highest BCUT2D eigenvalue weighted by Crippen LogP contribution is 2.40. The molecule has 3 aromatic rings. The lowest BCUT2D eigenvalue weighted by molar-refractivity contribution is -0.114. The van der Waals surface area contributed by atoms with Gasteiger partial charge >= 0.3 is 0 Å². The standard InChI is InChI=1S/C25H24N2O5/c1-15-21(29)11-22(30)23(24(15)32-14-17-7-4-3-5-8-17)25(31)27-12-18-9-6-10-20(19(18)13-27)26-16(2)28/h3-11,29-30H,12-14H2,1-2H3,(H,26,28). The zero-order chi connectivity index (χ0) is 22.8. The summed E-state index contributed by atoms with van der Waals surface area (Å²) in [6.45, 7) is 3.86. The van der Waals surface area contributed by atoms with Gasteiger partial charge in [-0.2, -0.15) is 0 Å². The number of benzene rings is 3. The summed E-state index contributed by atoms with van der Waals surface area (Å²) >= 11 is 0. The van der Waals surface area contributed by atoms with Crippen LogP contribution < -0.4 is 10.1 Å². The Morgan fingerprint density at radius 3 is 2.50 bits per heavy atom. The van der Waals surface area contributed by atoms with Crippen molar-refractivity contribution in [2.75, 3.05) is 5.32 Å². The third-order valence-corrected chi connectivity index (χ3v) is 5.50. The average Bonchev–Trinajstić information content (AvgIpc) is 3.21. The number of rotatable bonds is 5. The molecule has 7 heteroatoms. The largest absolute Gasteiger partial charge is 0.507 e. The van der Waals surface area contributed by atoms with E-state index in [2.05, 4.69) is 5.32 Å². The minimum atomic E-state index is -0.418. The van der Waals surface area contributed by atoms with Crippen LogP contribution in [0.2, 0.25) is 0 Å². The van der Waals surface area contributed by atoms with Gasteiger partial charge in [0, 0.05) is 42.9 Å². The first-order valence-corrected chi connectivity index (χ1v) is 10.2. The predicted octanol–water partition coefficient (Wildman–Crippen LogP) is 4.10. The molecular formula is C25H24N2O5. The van der Waals surface area contributed by atoms with E-state index in [1.165, 1.54) is 6.92 Å². The molecule has 3 aromatic carbocycles. The van der Waals surface area contributed by atoms with Crippen molar-refractivity contribution in [3.63, 3.8) is 0 Å². The van der Waals surface area contributed by atoms with Crippen molar-refractivity contribution in [1.29, 1.82) is 0 Å². The molecule has 0 fully saturated rings. The summed E-state index contributed by atoms with van der Waals surface area (Å²) in [5, 5.41) is 23.6. The molecule has 0 spiro atoms. The molecule has 0 unspecified atom stereocenters. The van der Waals surface area contributed by atoms with Crippen molar-refractivity contribution >= 4 is 17.5 Å². The van der Waals surface area contributed by atoms with Gasteiger partial charge in [-0.3, -0.25) is 9.59 Å². The first kappa shape index (κ1) is 21.2. The molecule has 7 nitrogen and oxygen atoms in total. The topological polar surface area (TPSA) is 99.1 Å². The van der Waals surface area contributed by atoms with Crippen molar-refractivity contribution in [1.82, 2.24) is 4.90 Å². The summed E-state index contributed by atoms with van der Waals surface area (Å²) in [6.07, 6.45) is 0. The minimum Gasteiger partial charge on any atom is -0.507 e. The number of amides is 2. The lowest BCUT2D eigenvalue weighted by Crippen LogP contribution is -2.26. The van der Waals surface area contributed by atoms with Crippen LogP contribution in [0.4, 0.5) is 5.69 Å². The van der Waals surface area contributed by atoms with E-state index in [4.69, 9.17) is 4.74 Å². The number of anilines is 1. The van der Waals surface area contributed by atoms with Gasteiger partial charge in [-0.25, -0.2) is 0 Å². The average molecular weight is 432 g/mol. The summed E-state index contributed by atoms with van der Waals surface area (Å²) in [5.41, 5.74) is 3.71. The molecule has 3 N–H and O–H groups in total. The quantitative estimate of drug-likeness (QED) is 0.564. The van der Waals surface area contributed by atoms with Crippen molar-refractivity contribution in [3.8, 4) is 17.2 Å². The molecular weight excluding hydrogens is 408 g/mol. The first-order valence-electron chi connectivity index (χ1n) is 10.2. The van der Waals surface area contributed by atoms with E-state index in [1.54, 1.807) is 17.9 Å². The number of hydrogen-bond acceptors (Lipinski definition) is 5. The summed E-state index contributed by atoms with van der Waals surface area (Å²) < 4.78 is 5.93. The van der Waals surface area contributed by atoms with E-state index in [1.807, 2.05) is 42.5 Å². The highest BCUT2D eigenvalue weighted by Gasteiger charge is 2.31. The Morgan fingerprint density at radius 1 is 1.03 bits per heavy atom. The first-order chi connectivity index (χ1) is 15.3. The molecule has 1 aliphatic rings. The molecule has 0 aliphatic carbocycles. The number of hydrogen-bond donors (Lipinski definition) is 3. The highest BCUT2D eigenvalue weighted by atomic mass is 16.5. The monoisotopic (exact) mass is 432 g/mol. The normalized spacial score (nSPS) is 12.4. The Balaban J connectivity index is 1.65. The van der Waals surface area contributed by atoms with Crippen molar-refractivity contribution in [2.45, 2.75) is 33.5 Å². The second kappa shape index (κ2) is 8.63. The molecule has 0 saturated carbocycles. The van der Waals surface area contributed by atoms with Gasteiger partial charge in [-0.1, -0.05) is 42.5 Å². The van der Waals surface area contributed by atoms with Gasteiger partial charge in [0.05, 0.1) is 0 Å². The van der Waals surface area contributed by atoms with E-state index in [0.717, 1.165) is 22.8 Å². The summed E-state index contributed by atoms with van der Waals surface area (Å²) in [6, 6.07) is 16.1. The molecule has 2 amide bonds. The Bertz CT molecular complexity index is 1190. The van der Waals surface area contributed by atoms with Gasteiger partial charge in [0.15, 0.2) is 0 Å². The summed E-state index contributed by atoms with van der Waals surface area (Å²) in [5.74, 6) is -0.960. The molecule has 32 heavy (non-hydrogen) atoms. The fourth-order valence-corrected chi connectivity index (χ4v) is 3.88. The molecule has 0 bridgehead atoms. The number of carbonyl (C=O) groups excluding carboxylic acids is 2. The van der Waals surface area contributed by atoms with E-state index in [-0.39, 0.29) is 41.9 Å². The van der Waals surface area contributed by atoms with Gasteiger partial charge in [0.2, 0.25) is 5.91 Å². The molecule has 164 valence electrons. The van der Waals surface area contributed by atoms with Crippen LogP contribution in [-0.4, -0.2) is 26.9 Å². The minimum absolute atomic E-state index is 0.00474. The number of nitrogens with zero attached hydrogens (tertiary/aromatic N) is 1. The third kappa shape index (κ3) is 4.09. The SMILES string of the molecule is CC(=O)Nc1cccc2c1CN(C(=O)c1c(O)cc(O)c(C)c1OCc1ccccc1)C2. The van der Waals surface area contributed by atoms with E-state index in [9.17, 15) is 19.8 Å². The van der Waals surface area contributed by atoms with Gasteiger partial charge in [-0.15, -0.1) is 0 Å². The number of nitrogens with one attached hydrogen (secondary N) is 1. The molecule has 1 heterocycles. The van der Waals surface area contributed by atoms with Crippen LogP contribution in [-0.2, 0) is 24.5 Å². The maximum atomic E-state index is 13.5. The lowest BCUT2D eigenvalue weighted by atomic mass is 10.1. The van der Waals surface area contributed by atoms with Gasteiger partial charge in [0.25, 0.3) is 5.91 Å². The fourth-order valence-electron chi connectivity index (χ4n) is 3.88. The Morgan fingerprint density at radius 2 is 1.78 bits per heavy atom. The van der Waals surface area contributed by atoms with Gasteiger partial charge < -0.3 is 25.2 Å². The summed E-state index contributed by atoms with van der Waals surface area (Å²) in [4.78, 5) is 26.6. The zero-order valence-corrected chi connectivity index (χ0v) is 17.9. The van der Waals surface area contributed by atoms with E-state index >= 15 is 0 Å². The number of phenolic OH excluding ortho intramolecular Hbond substituents is 2. The molecule has 0 radical (unpaired) electrons. The number of phenols is 2. The van der Waals surface area contributed by atoms with Crippen LogP contribution in [0, 0.1) is 6.92 Å². The Kier molecular flexibility index (Phi) is 5.73. The molecule has 1 aliphatic heterocycles. The van der Waals surface area contributed by atoms with Crippen molar-refractivity contribution in [3.05, 3.63) is 82.4 Å². The lowest BCUT2D eigenvalue weighted by Gasteiger charge is -2.21. The van der Waals surface area contributed by atoms with Crippen LogP contribution in [0.3, 0.4) is 0 Å². The van der Waals surface area contributed by atoms with Crippen LogP contribution in [0.5, 0.6) is 17.2 Å². The number of aromatic hydroxyl groups is 2.